The van der Waals surface area contributed by atoms with Crippen LogP contribution in [0.1, 0.15) is 20.8 Å². The van der Waals surface area contributed by atoms with Crippen molar-refractivity contribution in [3.63, 3.8) is 0 Å². The van der Waals surface area contributed by atoms with E-state index in [1.54, 1.807) is 4.90 Å². The van der Waals surface area contributed by atoms with Crippen LogP contribution in [0.2, 0.25) is 0 Å². The molecule has 0 spiro atoms. The number of para-hydroxylation sites is 1. The normalized spacial score (nSPS) is 15.8. The number of nitrogens with zero attached hydrogens (tertiary/aromatic N) is 1. The fourth-order valence-electron chi connectivity index (χ4n) is 1.88. The third-order valence-corrected chi connectivity index (χ3v) is 2.84. The topological polar surface area (TPSA) is 38.8 Å². The van der Waals surface area contributed by atoms with Crippen LogP contribution in [0.3, 0.4) is 0 Å². The molecule has 1 heterocycles. The highest BCUT2D eigenvalue weighted by molar-refractivity contribution is 5.69. The highest BCUT2D eigenvalue weighted by atomic mass is 16.6. The van der Waals surface area contributed by atoms with E-state index in [1.807, 2.05) is 51.1 Å². The Balaban J connectivity index is 1.68. The monoisotopic (exact) mass is 263 g/mol. The molecular weight excluding hydrogens is 242 g/mol. The lowest BCUT2D eigenvalue weighted by Crippen LogP contribution is -2.53. The van der Waals surface area contributed by atoms with Gasteiger partial charge in [0.15, 0.2) is 0 Å². The lowest BCUT2D eigenvalue weighted by molar-refractivity contribution is -0.00781. The van der Waals surface area contributed by atoms with Crippen molar-refractivity contribution in [3.8, 4) is 5.75 Å². The van der Waals surface area contributed by atoms with Crippen molar-refractivity contribution in [3.05, 3.63) is 30.3 Å². The number of amides is 1. The van der Waals surface area contributed by atoms with E-state index in [-0.39, 0.29) is 6.09 Å². The van der Waals surface area contributed by atoms with Gasteiger partial charge in [-0.25, -0.2) is 4.79 Å². The first-order valence-electron chi connectivity index (χ1n) is 6.60. The summed E-state index contributed by atoms with van der Waals surface area (Å²) in [5.41, 5.74) is -0.428. The summed E-state index contributed by atoms with van der Waals surface area (Å²) < 4.78 is 11.0. The van der Waals surface area contributed by atoms with Crippen molar-refractivity contribution >= 4 is 6.09 Å². The van der Waals surface area contributed by atoms with E-state index in [9.17, 15) is 4.79 Å². The van der Waals surface area contributed by atoms with Crippen molar-refractivity contribution in [2.45, 2.75) is 26.4 Å². The molecule has 1 aliphatic rings. The Morgan fingerprint density at radius 2 is 1.89 bits per heavy atom. The quantitative estimate of drug-likeness (QED) is 0.841. The number of benzene rings is 1. The van der Waals surface area contributed by atoms with Gasteiger partial charge in [0.25, 0.3) is 0 Å². The lowest BCUT2D eigenvalue weighted by Gasteiger charge is -2.39. The van der Waals surface area contributed by atoms with Gasteiger partial charge in [-0.15, -0.1) is 0 Å². The fourth-order valence-corrected chi connectivity index (χ4v) is 1.88. The lowest BCUT2D eigenvalue weighted by atomic mass is 10.0. The Morgan fingerprint density at radius 1 is 1.26 bits per heavy atom. The Labute approximate surface area is 114 Å². The molecule has 1 fully saturated rings. The highest BCUT2D eigenvalue weighted by Crippen LogP contribution is 2.20. The van der Waals surface area contributed by atoms with E-state index in [2.05, 4.69) is 0 Å². The molecule has 0 radical (unpaired) electrons. The fraction of sp³-hybridized carbons (Fsp3) is 0.533. The van der Waals surface area contributed by atoms with Crippen LogP contribution in [0, 0.1) is 5.92 Å². The average Bonchev–Trinajstić information content (AvgIpc) is 2.25. The first-order valence-corrected chi connectivity index (χ1v) is 6.60. The second kappa shape index (κ2) is 5.51. The Morgan fingerprint density at radius 3 is 2.47 bits per heavy atom. The zero-order valence-corrected chi connectivity index (χ0v) is 11.8. The van der Waals surface area contributed by atoms with Crippen molar-refractivity contribution in [2.24, 2.45) is 5.92 Å². The average molecular weight is 263 g/mol. The molecule has 1 aromatic rings. The summed E-state index contributed by atoms with van der Waals surface area (Å²) in [5.74, 6) is 1.27. The second-order valence-electron chi connectivity index (χ2n) is 5.88. The first kappa shape index (κ1) is 13.7. The van der Waals surface area contributed by atoms with E-state index in [0.717, 1.165) is 5.75 Å². The van der Waals surface area contributed by atoms with Gasteiger partial charge in [-0.3, -0.25) is 0 Å². The van der Waals surface area contributed by atoms with Crippen molar-refractivity contribution < 1.29 is 14.3 Å². The maximum absolute atomic E-state index is 11.7. The van der Waals surface area contributed by atoms with E-state index in [4.69, 9.17) is 9.47 Å². The van der Waals surface area contributed by atoms with Gasteiger partial charge < -0.3 is 14.4 Å². The van der Waals surface area contributed by atoms with E-state index >= 15 is 0 Å². The molecule has 104 valence electrons. The third-order valence-electron chi connectivity index (χ3n) is 2.84. The van der Waals surface area contributed by atoms with E-state index in [1.165, 1.54) is 0 Å². The Bertz CT molecular complexity index is 419. The van der Waals surface area contributed by atoms with Gasteiger partial charge in [-0.05, 0) is 32.9 Å². The molecule has 0 bridgehead atoms. The summed E-state index contributed by atoms with van der Waals surface area (Å²) >= 11 is 0. The van der Waals surface area contributed by atoms with Crippen molar-refractivity contribution in [1.29, 1.82) is 0 Å². The number of carbonyl (C=O) groups is 1. The zero-order valence-electron chi connectivity index (χ0n) is 11.8. The van der Waals surface area contributed by atoms with Gasteiger partial charge in [-0.2, -0.15) is 0 Å². The summed E-state index contributed by atoms with van der Waals surface area (Å²) in [6.45, 7) is 7.69. The van der Waals surface area contributed by atoms with E-state index < -0.39 is 5.60 Å². The van der Waals surface area contributed by atoms with Gasteiger partial charge >= 0.3 is 6.09 Å². The minimum Gasteiger partial charge on any atom is -0.493 e. The molecule has 0 unspecified atom stereocenters. The number of carbonyl (C=O) groups excluding carboxylic acids is 1. The van der Waals surface area contributed by atoms with Crippen LogP contribution < -0.4 is 4.74 Å². The van der Waals surface area contributed by atoms with Crippen LogP contribution >= 0.6 is 0 Å². The number of likely N-dealkylation sites (tertiary alicyclic amines) is 1. The standard InChI is InChI=1S/C15H21NO3/c1-15(2,3)19-14(17)16-9-12(10-16)11-18-13-7-5-4-6-8-13/h4-8,12H,9-11H2,1-3H3. The van der Waals surface area contributed by atoms with Crippen molar-refractivity contribution in [2.75, 3.05) is 19.7 Å². The minimum atomic E-state index is -0.428. The van der Waals surface area contributed by atoms with Crippen LogP contribution in [0.15, 0.2) is 30.3 Å². The maximum atomic E-state index is 11.7. The molecule has 4 heteroatoms. The molecule has 1 aromatic carbocycles. The number of ether oxygens (including phenoxy) is 2. The van der Waals surface area contributed by atoms with Gasteiger partial charge in [0.2, 0.25) is 0 Å². The zero-order chi connectivity index (χ0) is 13.9. The van der Waals surface area contributed by atoms with Crippen molar-refractivity contribution in [1.82, 2.24) is 4.90 Å². The summed E-state index contributed by atoms with van der Waals surface area (Å²) in [5, 5.41) is 0. The van der Waals surface area contributed by atoms with Gasteiger partial charge in [0.1, 0.15) is 11.4 Å². The Hall–Kier alpha value is -1.71. The molecule has 0 N–H and O–H groups in total. The summed E-state index contributed by atoms with van der Waals surface area (Å²) in [6.07, 6.45) is -0.233. The molecule has 0 aromatic heterocycles. The number of hydrogen-bond acceptors (Lipinski definition) is 3. The SMILES string of the molecule is CC(C)(C)OC(=O)N1CC(COc2ccccc2)C1. The first-order chi connectivity index (χ1) is 8.94. The second-order valence-corrected chi connectivity index (χ2v) is 5.88. The van der Waals surface area contributed by atoms with Crippen LogP contribution in [-0.4, -0.2) is 36.3 Å². The molecule has 0 aliphatic carbocycles. The smallest absolute Gasteiger partial charge is 0.410 e. The molecule has 1 amide bonds. The van der Waals surface area contributed by atoms with Gasteiger partial charge in [-0.1, -0.05) is 18.2 Å². The molecule has 0 atom stereocenters. The van der Waals surface area contributed by atoms with Crippen LogP contribution in [0.25, 0.3) is 0 Å². The molecule has 0 saturated carbocycles. The number of hydrogen-bond donors (Lipinski definition) is 0. The molecule has 1 saturated heterocycles. The van der Waals surface area contributed by atoms with Gasteiger partial charge in [0, 0.05) is 19.0 Å². The Kier molecular flexibility index (Phi) is 3.98. The molecule has 19 heavy (non-hydrogen) atoms. The highest BCUT2D eigenvalue weighted by Gasteiger charge is 2.33. The van der Waals surface area contributed by atoms with Crippen LogP contribution in [-0.2, 0) is 4.74 Å². The predicted molar refractivity (Wildman–Crippen MR) is 73.2 cm³/mol. The van der Waals surface area contributed by atoms with Crippen LogP contribution in [0.5, 0.6) is 5.75 Å². The van der Waals surface area contributed by atoms with Gasteiger partial charge in [0.05, 0.1) is 6.61 Å². The minimum absolute atomic E-state index is 0.233. The largest absolute Gasteiger partial charge is 0.493 e. The van der Waals surface area contributed by atoms with Crippen LogP contribution in [0.4, 0.5) is 4.79 Å². The maximum Gasteiger partial charge on any atom is 0.410 e. The molecule has 4 nitrogen and oxygen atoms in total. The molecular formula is C15H21NO3. The molecule has 1 aliphatic heterocycles. The van der Waals surface area contributed by atoms with E-state index in [0.29, 0.717) is 25.6 Å². The predicted octanol–water partition coefficient (Wildman–Crippen LogP) is 2.93. The number of rotatable bonds is 3. The molecule has 2 rings (SSSR count). The third kappa shape index (κ3) is 4.16. The summed E-state index contributed by atoms with van der Waals surface area (Å²) in [7, 11) is 0. The summed E-state index contributed by atoms with van der Waals surface area (Å²) in [4.78, 5) is 13.4. The summed E-state index contributed by atoms with van der Waals surface area (Å²) in [6, 6.07) is 9.72.